The highest BCUT2D eigenvalue weighted by Gasteiger charge is 2.36. The van der Waals surface area contributed by atoms with Gasteiger partial charge in [0, 0.05) is 25.5 Å². The van der Waals surface area contributed by atoms with Gasteiger partial charge in [-0.3, -0.25) is 14.7 Å². The molecular formula is C14H11F3N6O. The Labute approximate surface area is 133 Å². The molecule has 3 aromatic heterocycles. The van der Waals surface area contributed by atoms with Crippen molar-refractivity contribution in [2.75, 3.05) is 17.7 Å². The Hall–Kier alpha value is -3.17. The Morgan fingerprint density at radius 1 is 1.33 bits per heavy atom. The molecule has 0 radical (unpaired) electrons. The molecule has 0 saturated carbocycles. The summed E-state index contributed by atoms with van der Waals surface area (Å²) >= 11 is 0. The molecule has 0 fully saturated rings. The van der Waals surface area contributed by atoms with E-state index in [1.54, 1.807) is 6.07 Å². The normalized spacial score (nSPS) is 11.7. The largest absolute Gasteiger partial charge is 0.421 e. The fourth-order valence-corrected chi connectivity index (χ4v) is 2.19. The summed E-state index contributed by atoms with van der Waals surface area (Å²) in [6.07, 6.45) is -1.13. The van der Waals surface area contributed by atoms with Crippen LogP contribution in [0.25, 0.3) is 5.65 Å². The molecule has 1 amide bonds. The van der Waals surface area contributed by atoms with Gasteiger partial charge in [0.15, 0.2) is 5.65 Å². The summed E-state index contributed by atoms with van der Waals surface area (Å²) in [6, 6.07) is 4.39. The first-order valence-electron chi connectivity index (χ1n) is 6.68. The van der Waals surface area contributed by atoms with E-state index >= 15 is 0 Å². The molecule has 0 bridgehead atoms. The molecule has 10 heteroatoms. The van der Waals surface area contributed by atoms with Gasteiger partial charge < -0.3 is 5.73 Å². The first-order chi connectivity index (χ1) is 11.3. The molecule has 3 aromatic rings. The van der Waals surface area contributed by atoms with Crippen molar-refractivity contribution in [3.63, 3.8) is 0 Å². The van der Waals surface area contributed by atoms with Crippen LogP contribution in [0.5, 0.6) is 0 Å². The number of nitrogens with zero attached hydrogens (tertiary/aromatic N) is 5. The van der Waals surface area contributed by atoms with Crippen molar-refractivity contribution in [2.24, 2.45) is 0 Å². The Morgan fingerprint density at radius 3 is 2.71 bits per heavy atom. The minimum atomic E-state index is -4.63. The van der Waals surface area contributed by atoms with Crippen LogP contribution in [-0.2, 0) is 6.18 Å². The number of rotatable bonds is 2. The van der Waals surface area contributed by atoms with Gasteiger partial charge in [0.25, 0.3) is 5.91 Å². The van der Waals surface area contributed by atoms with Crippen LogP contribution in [-0.4, -0.2) is 32.5 Å². The Morgan fingerprint density at radius 2 is 2.08 bits per heavy atom. The van der Waals surface area contributed by atoms with Crippen LogP contribution in [0, 0.1) is 0 Å². The molecule has 0 aliphatic carbocycles. The monoisotopic (exact) mass is 336 g/mol. The average Bonchev–Trinajstić information content (AvgIpc) is 2.97. The van der Waals surface area contributed by atoms with Crippen LogP contribution in [0.3, 0.4) is 0 Å². The molecule has 0 atom stereocenters. The van der Waals surface area contributed by atoms with Crippen LogP contribution >= 0.6 is 0 Å². The van der Waals surface area contributed by atoms with Gasteiger partial charge in [-0.15, -0.1) is 0 Å². The second-order valence-electron chi connectivity index (χ2n) is 4.94. The zero-order chi connectivity index (χ0) is 17.5. The smallest absolute Gasteiger partial charge is 0.384 e. The summed E-state index contributed by atoms with van der Waals surface area (Å²) in [4.78, 5) is 21.1. The highest BCUT2D eigenvalue weighted by molar-refractivity contribution is 6.05. The van der Waals surface area contributed by atoms with E-state index in [0.29, 0.717) is 6.20 Å². The molecule has 3 rings (SSSR count). The molecule has 24 heavy (non-hydrogen) atoms. The highest BCUT2D eigenvalue weighted by Crippen LogP contribution is 2.33. The summed E-state index contributed by atoms with van der Waals surface area (Å²) in [7, 11) is 1.40. The predicted octanol–water partition coefficient (Wildman–Crippen LogP) is 2.00. The third kappa shape index (κ3) is 2.62. The van der Waals surface area contributed by atoms with Crippen LogP contribution in [0.2, 0.25) is 0 Å². The Kier molecular flexibility index (Phi) is 3.59. The zero-order valence-corrected chi connectivity index (χ0v) is 12.3. The number of nitrogen functional groups attached to an aromatic ring is 1. The van der Waals surface area contributed by atoms with Gasteiger partial charge in [-0.25, -0.2) is 4.98 Å². The van der Waals surface area contributed by atoms with Gasteiger partial charge in [0.1, 0.15) is 17.2 Å². The lowest BCUT2D eigenvalue weighted by Crippen LogP contribution is -2.28. The number of hydrogen-bond acceptors (Lipinski definition) is 5. The lowest BCUT2D eigenvalue weighted by atomic mass is 10.2. The van der Waals surface area contributed by atoms with E-state index in [9.17, 15) is 18.0 Å². The number of fused-ring (bicyclic) bond motifs is 1. The fraction of sp³-hybridized carbons (Fsp3) is 0.143. The number of aromatic nitrogens is 4. The van der Waals surface area contributed by atoms with Gasteiger partial charge in [-0.1, -0.05) is 0 Å². The number of hydrogen-bond donors (Lipinski definition) is 1. The van der Waals surface area contributed by atoms with Gasteiger partial charge in [0.2, 0.25) is 0 Å². The van der Waals surface area contributed by atoms with Gasteiger partial charge in [-0.05, 0) is 12.1 Å². The Balaban J connectivity index is 2.13. The summed E-state index contributed by atoms with van der Waals surface area (Å²) in [5, 5.41) is 3.69. The summed E-state index contributed by atoms with van der Waals surface area (Å²) < 4.78 is 40.0. The van der Waals surface area contributed by atoms with Gasteiger partial charge in [0.05, 0.1) is 11.8 Å². The van der Waals surface area contributed by atoms with E-state index in [1.807, 2.05) is 0 Å². The average molecular weight is 336 g/mol. The molecule has 2 N–H and O–H groups in total. The summed E-state index contributed by atoms with van der Waals surface area (Å²) in [6.45, 7) is 0. The topological polar surface area (TPSA) is 89.4 Å². The van der Waals surface area contributed by atoms with Crippen molar-refractivity contribution in [2.45, 2.75) is 6.18 Å². The molecule has 3 heterocycles. The Bertz CT molecular complexity index is 906. The first-order valence-corrected chi connectivity index (χ1v) is 6.68. The van der Waals surface area contributed by atoms with Crippen molar-refractivity contribution in [3.05, 3.63) is 47.9 Å². The number of alkyl halides is 3. The van der Waals surface area contributed by atoms with Crippen LogP contribution in [0.15, 0.2) is 36.8 Å². The first kappa shape index (κ1) is 15.7. The lowest BCUT2D eigenvalue weighted by Gasteiger charge is -2.18. The molecule has 7 nitrogen and oxygen atoms in total. The number of anilines is 2. The molecule has 0 aliphatic rings. The van der Waals surface area contributed by atoms with Crippen molar-refractivity contribution in [1.82, 2.24) is 19.6 Å². The van der Waals surface area contributed by atoms with E-state index in [0.717, 1.165) is 9.42 Å². The summed E-state index contributed by atoms with van der Waals surface area (Å²) in [5.41, 5.74) is 4.37. The minimum Gasteiger partial charge on any atom is -0.384 e. The van der Waals surface area contributed by atoms with Gasteiger partial charge in [-0.2, -0.15) is 22.8 Å². The van der Waals surface area contributed by atoms with Crippen LogP contribution in [0.4, 0.5) is 24.8 Å². The maximum Gasteiger partial charge on any atom is 0.421 e. The maximum atomic E-state index is 13.0. The zero-order valence-electron chi connectivity index (χ0n) is 12.3. The minimum absolute atomic E-state index is 0.0573. The van der Waals surface area contributed by atoms with Gasteiger partial charge >= 0.3 is 6.18 Å². The highest BCUT2D eigenvalue weighted by atomic mass is 19.4. The fourth-order valence-electron chi connectivity index (χ4n) is 2.19. The van der Waals surface area contributed by atoms with Crippen LogP contribution in [0.1, 0.15) is 15.9 Å². The van der Waals surface area contributed by atoms with Crippen molar-refractivity contribution < 1.29 is 18.0 Å². The molecule has 0 unspecified atom stereocenters. The van der Waals surface area contributed by atoms with E-state index in [-0.39, 0.29) is 17.2 Å². The number of carbonyl (C=O) groups excluding carboxylic acids is 1. The lowest BCUT2D eigenvalue weighted by molar-refractivity contribution is -0.136. The predicted molar refractivity (Wildman–Crippen MR) is 79.4 cm³/mol. The van der Waals surface area contributed by atoms with E-state index in [4.69, 9.17) is 5.73 Å². The number of carbonyl (C=O) groups is 1. The second kappa shape index (κ2) is 5.48. The van der Waals surface area contributed by atoms with Crippen LogP contribution < -0.4 is 10.6 Å². The molecule has 0 saturated heterocycles. The number of nitrogens with two attached hydrogens (primary N) is 1. The van der Waals surface area contributed by atoms with E-state index in [1.165, 1.54) is 31.6 Å². The molecular weight excluding hydrogens is 325 g/mol. The van der Waals surface area contributed by atoms with Crippen molar-refractivity contribution in [1.29, 1.82) is 0 Å². The third-order valence-electron chi connectivity index (χ3n) is 3.33. The van der Waals surface area contributed by atoms with E-state index < -0.39 is 23.3 Å². The second-order valence-corrected chi connectivity index (χ2v) is 4.94. The summed E-state index contributed by atoms with van der Waals surface area (Å²) in [5.74, 6) is -0.574. The van der Waals surface area contributed by atoms with E-state index in [2.05, 4.69) is 15.1 Å². The number of halogens is 3. The SMILES string of the molecule is CN(C(=O)c1cccnc1)c1cc(N)nc2c(C(F)(F)F)cnn12. The molecule has 0 aromatic carbocycles. The standard InChI is InChI=1S/C14H11F3N6O/c1-22(13(24)8-3-2-4-19-6-8)11-5-10(18)21-12-9(14(15,16)17)7-20-23(11)12/h2-7H,1H3,(H2,18,21). The number of pyridine rings is 1. The molecule has 124 valence electrons. The van der Waals surface area contributed by atoms with Crippen molar-refractivity contribution >= 4 is 23.2 Å². The molecule has 0 aliphatic heterocycles. The quantitative estimate of drug-likeness (QED) is 0.773. The van der Waals surface area contributed by atoms with Crippen molar-refractivity contribution in [3.8, 4) is 0 Å². The maximum absolute atomic E-state index is 13.0. The molecule has 0 spiro atoms. The third-order valence-corrected chi connectivity index (χ3v) is 3.33. The number of amides is 1.